The van der Waals surface area contributed by atoms with Crippen LogP contribution in [-0.2, 0) is 14.0 Å². The molecular formula is C22H35BN2O5. The summed E-state index contributed by atoms with van der Waals surface area (Å²) in [5.41, 5.74) is 7.16. The zero-order chi connectivity index (χ0) is 22.6. The van der Waals surface area contributed by atoms with E-state index in [4.69, 9.17) is 24.5 Å². The van der Waals surface area contributed by atoms with Crippen LogP contribution in [0.2, 0.25) is 0 Å². The fourth-order valence-corrected chi connectivity index (χ4v) is 3.67. The first-order valence-electron chi connectivity index (χ1n) is 10.6. The molecule has 1 aromatic carbocycles. The number of carbonyl (C=O) groups is 1. The predicted octanol–water partition coefficient (Wildman–Crippen LogP) is 3.53. The number of benzene rings is 1. The molecule has 1 fully saturated rings. The first-order valence-corrected chi connectivity index (χ1v) is 10.6. The van der Waals surface area contributed by atoms with Crippen LogP contribution in [0.15, 0.2) is 12.1 Å². The topological polar surface area (TPSA) is 83.3 Å². The van der Waals surface area contributed by atoms with Crippen LogP contribution >= 0.6 is 0 Å². The van der Waals surface area contributed by atoms with E-state index < -0.39 is 36.1 Å². The van der Waals surface area contributed by atoms with E-state index in [1.165, 1.54) is 0 Å². The van der Waals surface area contributed by atoms with Gasteiger partial charge in [0.1, 0.15) is 11.4 Å². The Morgan fingerprint density at radius 1 is 1.20 bits per heavy atom. The largest absolute Gasteiger partial charge is 0.499 e. The molecule has 3 rings (SSSR count). The monoisotopic (exact) mass is 418 g/mol. The highest BCUT2D eigenvalue weighted by molar-refractivity contribution is 6.64. The maximum atomic E-state index is 12.8. The van der Waals surface area contributed by atoms with Gasteiger partial charge in [-0.25, -0.2) is 4.79 Å². The number of rotatable bonds is 3. The summed E-state index contributed by atoms with van der Waals surface area (Å²) >= 11 is 0. The highest BCUT2D eigenvalue weighted by Gasteiger charge is 2.54. The summed E-state index contributed by atoms with van der Waals surface area (Å²) in [6.45, 7) is 17.8. The molecule has 0 aliphatic carbocycles. The first kappa shape index (κ1) is 22.9. The van der Waals surface area contributed by atoms with Gasteiger partial charge in [0.05, 0.1) is 23.0 Å². The lowest BCUT2D eigenvalue weighted by Crippen LogP contribution is -2.41. The van der Waals surface area contributed by atoms with E-state index in [1.54, 1.807) is 4.90 Å². The lowest BCUT2D eigenvalue weighted by molar-refractivity contribution is 0.00578. The molecule has 8 heteroatoms. The number of carbonyl (C=O) groups excluding carboxylic acids is 1. The lowest BCUT2D eigenvalue weighted by Gasteiger charge is -2.32. The summed E-state index contributed by atoms with van der Waals surface area (Å²) in [5, 5.41) is 0. The molecule has 2 aliphatic rings. The molecule has 1 aromatic rings. The van der Waals surface area contributed by atoms with E-state index >= 15 is 0 Å². The van der Waals surface area contributed by atoms with Crippen LogP contribution in [0.1, 0.15) is 73.9 Å². The quantitative estimate of drug-likeness (QED) is 0.757. The first-order chi connectivity index (χ1) is 13.6. The molecule has 7 nitrogen and oxygen atoms in total. The third-order valence-corrected chi connectivity index (χ3v) is 5.73. The van der Waals surface area contributed by atoms with Gasteiger partial charge in [-0.1, -0.05) is 0 Å². The van der Waals surface area contributed by atoms with Crippen molar-refractivity contribution in [3.8, 4) is 5.75 Å². The molecule has 0 radical (unpaired) electrons. The van der Waals surface area contributed by atoms with Crippen molar-refractivity contribution in [3.63, 3.8) is 0 Å². The van der Waals surface area contributed by atoms with E-state index in [0.717, 1.165) is 11.0 Å². The number of hydrogen-bond acceptors (Lipinski definition) is 6. The third kappa shape index (κ3) is 4.18. The Labute approximate surface area is 180 Å². The molecule has 0 spiro atoms. The highest BCUT2D eigenvalue weighted by atomic mass is 16.7. The van der Waals surface area contributed by atoms with Crippen LogP contribution in [0.3, 0.4) is 0 Å². The second kappa shape index (κ2) is 7.43. The second-order valence-corrected chi connectivity index (χ2v) is 10.4. The van der Waals surface area contributed by atoms with Crippen molar-refractivity contribution in [2.24, 2.45) is 5.73 Å². The summed E-state index contributed by atoms with van der Waals surface area (Å²) in [6, 6.07) is 3.31. The Morgan fingerprint density at radius 2 is 1.77 bits per heavy atom. The van der Waals surface area contributed by atoms with Crippen molar-refractivity contribution in [3.05, 3.63) is 17.7 Å². The smallest absolute Gasteiger partial charge is 0.491 e. The van der Waals surface area contributed by atoms with Crippen LogP contribution < -0.4 is 20.8 Å². The molecule has 0 aromatic heterocycles. The fraction of sp³-hybridized carbons (Fsp3) is 0.682. The van der Waals surface area contributed by atoms with Crippen LogP contribution in [0.4, 0.5) is 10.5 Å². The Kier molecular flexibility index (Phi) is 5.67. The molecule has 166 valence electrons. The van der Waals surface area contributed by atoms with Crippen LogP contribution in [0.5, 0.6) is 5.75 Å². The maximum Gasteiger partial charge on any atom is 0.499 e. The standard InChI is InChI=1S/C22H35BN2O5/c1-13(2)27-16-11-10-15-17(14(24)12-25(15)19(26)28-20(3,4)5)18(16)23-29-21(6,7)22(8,9)30-23/h10-11,13-14H,12,24H2,1-9H3. The third-order valence-electron chi connectivity index (χ3n) is 5.73. The normalized spacial score (nSPS) is 22.4. The number of hydrogen-bond donors (Lipinski definition) is 1. The minimum atomic E-state index is -0.650. The molecular weight excluding hydrogens is 383 g/mol. The van der Waals surface area contributed by atoms with Crippen molar-refractivity contribution in [1.82, 2.24) is 0 Å². The minimum Gasteiger partial charge on any atom is -0.491 e. The van der Waals surface area contributed by atoms with Crippen LogP contribution in [0.25, 0.3) is 0 Å². The van der Waals surface area contributed by atoms with Gasteiger partial charge in [-0.3, -0.25) is 4.90 Å². The van der Waals surface area contributed by atoms with Gasteiger partial charge < -0.3 is 24.5 Å². The Morgan fingerprint density at radius 3 is 2.27 bits per heavy atom. The summed E-state index contributed by atoms with van der Waals surface area (Å²) < 4.78 is 24.3. The Balaban J connectivity index is 2.09. The molecule has 1 amide bonds. The van der Waals surface area contributed by atoms with E-state index in [0.29, 0.717) is 18.0 Å². The second-order valence-electron chi connectivity index (χ2n) is 10.4. The van der Waals surface area contributed by atoms with Gasteiger partial charge in [0.15, 0.2) is 0 Å². The fourth-order valence-electron chi connectivity index (χ4n) is 3.67. The van der Waals surface area contributed by atoms with Gasteiger partial charge in [-0.2, -0.15) is 0 Å². The number of anilines is 1. The molecule has 1 atom stereocenters. The van der Waals surface area contributed by atoms with E-state index in [2.05, 4.69) is 0 Å². The molecule has 1 unspecified atom stereocenters. The van der Waals surface area contributed by atoms with Gasteiger partial charge in [0.2, 0.25) is 0 Å². The van der Waals surface area contributed by atoms with E-state index in [-0.39, 0.29) is 6.10 Å². The molecule has 2 aliphatic heterocycles. The highest BCUT2D eigenvalue weighted by Crippen LogP contribution is 2.41. The van der Waals surface area contributed by atoms with Crippen molar-refractivity contribution in [2.75, 3.05) is 11.4 Å². The Hall–Kier alpha value is -1.77. The zero-order valence-electron chi connectivity index (χ0n) is 19.7. The van der Waals surface area contributed by atoms with Crippen molar-refractivity contribution < 1.29 is 23.6 Å². The van der Waals surface area contributed by atoms with Gasteiger partial charge in [-0.05, 0) is 80.0 Å². The number of nitrogens with two attached hydrogens (primary N) is 1. The van der Waals surface area contributed by atoms with Crippen LogP contribution in [0, 0.1) is 0 Å². The minimum absolute atomic E-state index is 0.0381. The zero-order valence-corrected chi connectivity index (χ0v) is 19.7. The number of nitrogens with zero attached hydrogens (tertiary/aromatic N) is 1. The van der Waals surface area contributed by atoms with Gasteiger partial charge >= 0.3 is 13.2 Å². The summed E-state index contributed by atoms with van der Waals surface area (Å²) in [7, 11) is -0.650. The van der Waals surface area contributed by atoms with Gasteiger partial charge in [-0.15, -0.1) is 0 Å². The van der Waals surface area contributed by atoms with Gasteiger partial charge in [0.25, 0.3) is 0 Å². The number of amides is 1. The van der Waals surface area contributed by atoms with Crippen LogP contribution in [-0.4, -0.2) is 42.7 Å². The molecule has 2 heterocycles. The predicted molar refractivity (Wildman–Crippen MR) is 118 cm³/mol. The average molecular weight is 418 g/mol. The van der Waals surface area contributed by atoms with Crippen molar-refractivity contribution >= 4 is 24.4 Å². The molecule has 0 saturated carbocycles. The average Bonchev–Trinajstić information content (AvgIpc) is 2.99. The van der Waals surface area contributed by atoms with Gasteiger partial charge in [0, 0.05) is 18.0 Å². The number of fused-ring (bicyclic) bond motifs is 1. The molecule has 1 saturated heterocycles. The molecule has 30 heavy (non-hydrogen) atoms. The molecule has 0 bridgehead atoms. The van der Waals surface area contributed by atoms with Crippen molar-refractivity contribution in [1.29, 1.82) is 0 Å². The lowest BCUT2D eigenvalue weighted by atomic mass is 9.73. The summed E-state index contributed by atoms with van der Waals surface area (Å²) in [5.74, 6) is 0.656. The SMILES string of the molecule is CC(C)Oc1ccc2c(c1B1OC(C)(C)C(C)(C)O1)C(N)CN2C(=O)OC(C)(C)C. The summed E-state index contributed by atoms with van der Waals surface area (Å²) in [6.07, 6.45) is -0.460. The molecule has 2 N–H and O–H groups in total. The van der Waals surface area contributed by atoms with E-state index in [9.17, 15) is 4.79 Å². The summed E-state index contributed by atoms with van der Waals surface area (Å²) in [4.78, 5) is 14.4. The van der Waals surface area contributed by atoms with E-state index in [1.807, 2.05) is 74.4 Å². The number of ether oxygens (including phenoxy) is 2. The maximum absolute atomic E-state index is 12.8. The van der Waals surface area contributed by atoms with Crippen molar-refractivity contribution in [2.45, 2.75) is 91.3 Å². The Bertz CT molecular complexity index is 816.